The fourth-order valence-corrected chi connectivity index (χ4v) is 3.29. The quantitative estimate of drug-likeness (QED) is 0.715. The maximum Gasteiger partial charge on any atom is 0.248 e. The van der Waals surface area contributed by atoms with E-state index in [4.69, 9.17) is 13.9 Å². The molecule has 8 heteroatoms. The highest BCUT2D eigenvalue weighted by molar-refractivity contribution is 7.08. The van der Waals surface area contributed by atoms with Crippen molar-refractivity contribution in [3.63, 3.8) is 0 Å². The van der Waals surface area contributed by atoms with Gasteiger partial charge in [-0.15, -0.1) is 10.2 Å². The summed E-state index contributed by atoms with van der Waals surface area (Å²) in [5.41, 5.74) is 1.86. The van der Waals surface area contributed by atoms with Crippen LogP contribution in [-0.2, 0) is 11.2 Å². The average Bonchev–Trinajstić information content (AvgIpc) is 3.40. The number of rotatable bonds is 6. The van der Waals surface area contributed by atoms with Crippen molar-refractivity contribution < 1.29 is 18.7 Å². The molecule has 0 bridgehead atoms. The Morgan fingerprint density at radius 1 is 1.27 bits per heavy atom. The van der Waals surface area contributed by atoms with E-state index in [0.717, 1.165) is 16.9 Å². The van der Waals surface area contributed by atoms with Gasteiger partial charge in [-0.3, -0.25) is 4.79 Å². The van der Waals surface area contributed by atoms with E-state index >= 15 is 0 Å². The first kappa shape index (κ1) is 16.6. The number of aryl methyl sites for hydroxylation is 1. The summed E-state index contributed by atoms with van der Waals surface area (Å²) in [6.07, 6.45) is 0.678. The second kappa shape index (κ2) is 7.17. The van der Waals surface area contributed by atoms with E-state index in [-0.39, 0.29) is 25.2 Å². The molecule has 0 radical (unpaired) electrons. The Hall–Kier alpha value is -2.87. The largest absolute Gasteiger partial charge is 0.454 e. The third-order valence-electron chi connectivity index (χ3n) is 4.08. The van der Waals surface area contributed by atoms with Gasteiger partial charge >= 0.3 is 0 Å². The summed E-state index contributed by atoms with van der Waals surface area (Å²) >= 11 is 1.57. The lowest BCUT2D eigenvalue weighted by Crippen LogP contribution is -2.26. The van der Waals surface area contributed by atoms with Crippen molar-refractivity contribution in [2.45, 2.75) is 25.8 Å². The van der Waals surface area contributed by atoms with Crippen molar-refractivity contribution in [3.8, 4) is 23.0 Å². The van der Waals surface area contributed by atoms with Crippen LogP contribution in [0.4, 0.5) is 0 Å². The zero-order chi connectivity index (χ0) is 17.9. The fourth-order valence-electron chi connectivity index (χ4n) is 2.66. The van der Waals surface area contributed by atoms with Gasteiger partial charge in [0.05, 0.1) is 6.04 Å². The maximum atomic E-state index is 12.2. The van der Waals surface area contributed by atoms with E-state index in [1.165, 1.54) is 0 Å². The number of aromatic nitrogens is 2. The normalized spacial score (nSPS) is 13.6. The molecule has 0 spiro atoms. The topological polar surface area (TPSA) is 86.5 Å². The fraction of sp³-hybridized carbons (Fsp3) is 0.278. The Kier molecular flexibility index (Phi) is 4.57. The molecule has 3 aromatic rings. The van der Waals surface area contributed by atoms with E-state index in [1.807, 2.05) is 41.9 Å². The lowest BCUT2D eigenvalue weighted by molar-refractivity contribution is -0.121. The minimum atomic E-state index is -0.138. The molecule has 1 aromatic carbocycles. The van der Waals surface area contributed by atoms with Crippen molar-refractivity contribution in [2.24, 2.45) is 0 Å². The van der Waals surface area contributed by atoms with Gasteiger partial charge in [0.2, 0.25) is 24.5 Å². The molecule has 0 saturated carbocycles. The number of nitrogens with one attached hydrogen (secondary N) is 1. The summed E-state index contributed by atoms with van der Waals surface area (Å²) < 4.78 is 16.3. The third-order valence-corrected chi connectivity index (χ3v) is 4.76. The van der Waals surface area contributed by atoms with Crippen LogP contribution in [0.25, 0.3) is 11.5 Å². The summed E-state index contributed by atoms with van der Waals surface area (Å²) in [4.78, 5) is 12.2. The first-order chi connectivity index (χ1) is 12.7. The number of carbonyl (C=O) groups excluding carboxylic acids is 1. The van der Waals surface area contributed by atoms with Crippen LogP contribution >= 0.6 is 11.3 Å². The first-order valence-electron chi connectivity index (χ1n) is 8.23. The van der Waals surface area contributed by atoms with Gasteiger partial charge in [0.15, 0.2) is 11.5 Å². The first-order valence-corrected chi connectivity index (χ1v) is 9.17. The zero-order valence-corrected chi connectivity index (χ0v) is 14.9. The summed E-state index contributed by atoms with van der Waals surface area (Å²) in [7, 11) is 0. The molecule has 0 saturated heterocycles. The van der Waals surface area contributed by atoms with Crippen molar-refractivity contribution in [2.75, 3.05) is 6.79 Å². The highest BCUT2D eigenvalue weighted by Crippen LogP contribution is 2.34. The van der Waals surface area contributed by atoms with Gasteiger partial charge in [-0.25, -0.2) is 0 Å². The van der Waals surface area contributed by atoms with E-state index in [0.29, 0.717) is 24.0 Å². The molecule has 26 heavy (non-hydrogen) atoms. The molecule has 1 amide bonds. The Balaban J connectivity index is 1.31. The molecule has 0 aliphatic carbocycles. The lowest BCUT2D eigenvalue weighted by atomic mass is 10.1. The number of carbonyl (C=O) groups is 1. The molecule has 1 N–H and O–H groups in total. The number of amides is 1. The Bertz CT molecular complexity index is 907. The van der Waals surface area contributed by atoms with Gasteiger partial charge in [0.1, 0.15) is 0 Å². The summed E-state index contributed by atoms with van der Waals surface area (Å²) in [6.45, 7) is 2.16. The van der Waals surface area contributed by atoms with Crippen LogP contribution in [0.1, 0.15) is 30.8 Å². The molecule has 3 heterocycles. The number of fused-ring (bicyclic) bond motifs is 1. The summed E-state index contributed by atoms with van der Waals surface area (Å²) in [6, 6.07) is 7.44. The van der Waals surface area contributed by atoms with Gasteiger partial charge in [0.25, 0.3) is 0 Å². The van der Waals surface area contributed by atoms with Crippen LogP contribution in [0.3, 0.4) is 0 Å². The molecule has 1 atom stereocenters. The number of nitrogens with zero attached hydrogens (tertiary/aromatic N) is 2. The van der Waals surface area contributed by atoms with E-state index in [1.54, 1.807) is 11.3 Å². The van der Waals surface area contributed by atoms with Gasteiger partial charge in [-0.1, -0.05) is 6.07 Å². The second-order valence-corrected chi connectivity index (χ2v) is 6.69. The molecule has 2 aromatic heterocycles. The van der Waals surface area contributed by atoms with Crippen LogP contribution in [0.5, 0.6) is 11.5 Å². The van der Waals surface area contributed by atoms with Crippen molar-refractivity contribution in [1.82, 2.24) is 15.5 Å². The van der Waals surface area contributed by atoms with Gasteiger partial charge in [0, 0.05) is 23.8 Å². The van der Waals surface area contributed by atoms with Crippen molar-refractivity contribution in [1.29, 1.82) is 0 Å². The third kappa shape index (κ3) is 3.55. The Morgan fingerprint density at radius 2 is 2.15 bits per heavy atom. The number of thiophene rings is 1. The van der Waals surface area contributed by atoms with Crippen LogP contribution in [-0.4, -0.2) is 22.9 Å². The smallest absolute Gasteiger partial charge is 0.248 e. The molecule has 7 nitrogen and oxygen atoms in total. The number of hydrogen-bond donors (Lipinski definition) is 1. The molecular weight excluding hydrogens is 354 g/mol. The predicted octanol–water partition coefficient (Wildman–Crippen LogP) is 3.34. The summed E-state index contributed by atoms with van der Waals surface area (Å²) in [5.74, 6) is 2.29. The second-order valence-electron chi connectivity index (χ2n) is 5.91. The Labute approximate surface area is 154 Å². The molecular formula is C18H17N3O4S. The minimum Gasteiger partial charge on any atom is -0.454 e. The van der Waals surface area contributed by atoms with Crippen LogP contribution < -0.4 is 14.8 Å². The minimum absolute atomic E-state index is 0.0783. The number of ether oxygens (including phenoxy) is 2. The van der Waals surface area contributed by atoms with Gasteiger partial charge in [-0.05, 0) is 36.1 Å². The maximum absolute atomic E-state index is 12.2. The van der Waals surface area contributed by atoms with Gasteiger partial charge in [-0.2, -0.15) is 11.3 Å². The van der Waals surface area contributed by atoms with Crippen molar-refractivity contribution >= 4 is 17.2 Å². The van der Waals surface area contributed by atoms with Gasteiger partial charge < -0.3 is 19.2 Å². The highest BCUT2D eigenvalue weighted by Gasteiger charge is 2.17. The Morgan fingerprint density at radius 3 is 3.00 bits per heavy atom. The molecule has 1 aliphatic rings. The monoisotopic (exact) mass is 371 g/mol. The zero-order valence-electron chi connectivity index (χ0n) is 14.1. The average molecular weight is 371 g/mol. The van der Waals surface area contributed by atoms with Crippen LogP contribution in [0.2, 0.25) is 0 Å². The molecule has 0 fully saturated rings. The number of benzene rings is 1. The molecule has 1 unspecified atom stereocenters. The van der Waals surface area contributed by atoms with Crippen LogP contribution in [0, 0.1) is 0 Å². The SMILES string of the molecule is CC(NC(=O)CCc1nnc(-c2ccsc2)o1)c1ccc2c(c1)OCO2. The van der Waals surface area contributed by atoms with E-state index in [9.17, 15) is 4.79 Å². The van der Waals surface area contributed by atoms with E-state index < -0.39 is 0 Å². The molecule has 4 rings (SSSR count). The van der Waals surface area contributed by atoms with Crippen LogP contribution in [0.15, 0.2) is 39.4 Å². The molecule has 1 aliphatic heterocycles. The predicted molar refractivity (Wildman–Crippen MR) is 95.1 cm³/mol. The number of hydrogen-bond acceptors (Lipinski definition) is 7. The standard InChI is InChI=1S/C18H17N3O4S/c1-11(12-2-3-14-15(8-12)24-10-23-14)19-16(22)4-5-17-20-21-18(25-17)13-6-7-26-9-13/h2-3,6-9,11H,4-5,10H2,1H3,(H,19,22). The van der Waals surface area contributed by atoms with E-state index in [2.05, 4.69) is 15.5 Å². The highest BCUT2D eigenvalue weighted by atomic mass is 32.1. The summed E-state index contributed by atoms with van der Waals surface area (Å²) in [5, 5.41) is 14.9. The lowest BCUT2D eigenvalue weighted by Gasteiger charge is -2.14. The molecule has 134 valence electrons. The van der Waals surface area contributed by atoms with Crippen molar-refractivity contribution in [3.05, 3.63) is 46.5 Å².